The van der Waals surface area contributed by atoms with Gasteiger partial charge in [-0.1, -0.05) is 0 Å². The Hall–Kier alpha value is -0.900. The van der Waals surface area contributed by atoms with Gasteiger partial charge in [-0.15, -0.1) is 0 Å². The van der Waals surface area contributed by atoms with Crippen molar-refractivity contribution in [2.75, 3.05) is 19.8 Å². The van der Waals surface area contributed by atoms with E-state index in [-0.39, 0.29) is 6.67 Å². The first kappa shape index (κ1) is 10.2. The molecule has 0 saturated carbocycles. The maximum absolute atomic E-state index is 11.7. The minimum atomic E-state index is -0.241. The Morgan fingerprint density at radius 2 is 2.38 bits per heavy atom. The van der Waals surface area contributed by atoms with Crippen molar-refractivity contribution in [1.29, 1.82) is 0 Å². The minimum Gasteiger partial charge on any atom is -0.338 e. The highest BCUT2D eigenvalue weighted by atomic mass is 19.1. The van der Waals surface area contributed by atoms with Crippen molar-refractivity contribution in [2.24, 2.45) is 7.05 Å². The molecule has 0 bridgehead atoms. The molecule has 3 nitrogen and oxygen atoms in total. The molecule has 0 spiro atoms. The molecular weight excluding hydrogens is 169 g/mol. The molecule has 0 amide bonds. The molecule has 1 heterocycles. The van der Waals surface area contributed by atoms with Gasteiger partial charge < -0.3 is 9.88 Å². The summed E-state index contributed by atoms with van der Waals surface area (Å²) in [6.45, 7) is 1.38. The van der Waals surface area contributed by atoms with Crippen LogP contribution in [0.3, 0.4) is 0 Å². The first-order valence-electron chi connectivity index (χ1n) is 4.57. The Morgan fingerprint density at radius 1 is 1.54 bits per heavy atom. The SMILES string of the molecule is Cn1ccnc1CCNCCCF. The standard InChI is InChI=1S/C9H16FN3/c1-13-8-7-12-9(13)3-6-11-5-2-4-10/h7-8,11H,2-6H2,1H3. The summed E-state index contributed by atoms with van der Waals surface area (Å²) in [5.41, 5.74) is 0. The van der Waals surface area contributed by atoms with E-state index in [1.54, 1.807) is 6.20 Å². The van der Waals surface area contributed by atoms with Crippen LogP contribution in [0.2, 0.25) is 0 Å². The number of halogens is 1. The van der Waals surface area contributed by atoms with Crippen LogP contribution >= 0.6 is 0 Å². The summed E-state index contributed by atoms with van der Waals surface area (Å²) in [6.07, 6.45) is 5.21. The molecule has 0 aliphatic rings. The van der Waals surface area contributed by atoms with Gasteiger partial charge in [0.2, 0.25) is 0 Å². The summed E-state index contributed by atoms with van der Waals surface area (Å²) in [6, 6.07) is 0. The van der Waals surface area contributed by atoms with Gasteiger partial charge in [0, 0.05) is 32.4 Å². The number of rotatable bonds is 6. The van der Waals surface area contributed by atoms with Crippen LogP contribution in [0.1, 0.15) is 12.2 Å². The lowest BCUT2D eigenvalue weighted by Crippen LogP contribution is -2.20. The number of aryl methyl sites for hydroxylation is 1. The molecule has 0 fully saturated rings. The maximum Gasteiger partial charge on any atom is 0.109 e. The summed E-state index contributed by atoms with van der Waals surface area (Å²) in [5, 5.41) is 3.16. The second-order valence-electron chi connectivity index (χ2n) is 3.00. The van der Waals surface area contributed by atoms with Crippen LogP contribution in [0.25, 0.3) is 0 Å². The summed E-state index contributed by atoms with van der Waals surface area (Å²) < 4.78 is 13.7. The molecule has 74 valence electrons. The lowest BCUT2D eigenvalue weighted by atomic mass is 10.4. The predicted octanol–water partition coefficient (Wildman–Crippen LogP) is 0.912. The molecule has 0 saturated heterocycles. The first-order valence-corrected chi connectivity index (χ1v) is 4.57. The fourth-order valence-electron chi connectivity index (χ4n) is 1.15. The van der Waals surface area contributed by atoms with Crippen molar-refractivity contribution in [1.82, 2.24) is 14.9 Å². The minimum absolute atomic E-state index is 0.241. The van der Waals surface area contributed by atoms with E-state index in [9.17, 15) is 4.39 Å². The molecular formula is C9H16FN3. The van der Waals surface area contributed by atoms with E-state index < -0.39 is 0 Å². The third kappa shape index (κ3) is 3.55. The van der Waals surface area contributed by atoms with Crippen LogP contribution in [0.5, 0.6) is 0 Å². The molecule has 0 unspecified atom stereocenters. The molecule has 0 aliphatic heterocycles. The highest BCUT2D eigenvalue weighted by Crippen LogP contribution is 1.93. The highest BCUT2D eigenvalue weighted by Gasteiger charge is 1.97. The summed E-state index contributed by atoms with van der Waals surface area (Å²) >= 11 is 0. The van der Waals surface area contributed by atoms with Crippen LogP contribution < -0.4 is 5.32 Å². The normalized spacial score (nSPS) is 10.6. The number of nitrogens with zero attached hydrogens (tertiary/aromatic N) is 2. The van der Waals surface area contributed by atoms with E-state index in [0.717, 1.165) is 25.3 Å². The van der Waals surface area contributed by atoms with Crippen molar-refractivity contribution in [3.8, 4) is 0 Å². The van der Waals surface area contributed by atoms with E-state index in [1.807, 2.05) is 17.8 Å². The van der Waals surface area contributed by atoms with Crippen molar-refractivity contribution >= 4 is 0 Å². The van der Waals surface area contributed by atoms with Gasteiger partial charge in [-0.3, -0.25) is 4.39 Å². The molecule has 0 aliphatic carbocycles. The monoisotopic (exact) mass is 185 g/mol. The van der Waals surface area contributed by atoms with Gasteiger partial charge in [0.25, 0.3) is 0 Å². The van der Waals surface area contributed by atoms with Crippen molar-refractivity contribution in [3.63, 3.8) is 0 Å². The van der Waals surface area contributed by atoms with Crippen LogP contribution in [-0.4, -0.2) is 29.3 Å². The van der Waals surface area contributed by atoms with Gasteiger partial charge in [-0.05, 0) is 13.0 Å². The third-order valence-corrected chi connectivity index (χ3v) is 1.93. The molecule has 0 radical (unpaired) electrons. The lowest BCUT2D eigenvalue weighted by molar-refractivity contribution is 0.459. The Morgan fingerprint density at radius 3 is 3.00 bits per heavy atom. The van der Waals surface area contributed by atoms with E-state index in [4.69, 9.17) is 0 Å². The van der Waals surface area contributed by atoms with Gasteiger partial charge in [-0.25, -0.2) is 4.98 Å². The number of nitrogens with one attached hydrogen (secondary N) is 1. The number of imidazole rings is 1. The summed E-state index contributed by atoms with van der Waals surface area (Å²) in [4.78, 5) is 4.18. The van der Waals surface area contributed by atoms with Crippen molar-refractivity contribution < 1.29 is 4.39 Å². The predicted molar refractivity (Wildman–Crippen MR) is 50.4 cm³/mol. The Bertz CT molecular complexity index is 235. The molecule has 0 aromatic carbocycles. The lowest BCUT2D eigenvalue weighted by Gasteiger charge is -2.03. The molecule has 1 rings (SSSR count). The van der Waals surface area contributed by atoms with Crippen LogP contribution in [-0.2, 0) is 13.5 Å². The zero-order valence-electron chi connectivity index (χ0n) is 7.96. The third-order valence-electron chi connectivity index (χ3n) is 1.93. The Balaban J connectivity index is 2.10. The smallest absolute Gasteiger partial charge is 0.109 e. The van der Waals surface area contributed by atoms with E-state index in [0.29, 0.717) is 6.42 Å². The first-order chi connectivity index (χ1) is 6.34. The fourth-order valence-corrected chi connectivity index (χ4v) is 1.15. The molecule has 0 atom stereocenters. The van der Waals surface area contributed by atoms with Gasteiger partial charge in [0.15, 0.2) is 0 Å². The Kier molecular flexibility index (Phi) is 4.46. The fraction of sp³-hybridized carbons (Fsp3) is 0.667. The van der Waals surface area contributed by atoms with Gasteiger partial charge in [0.05, 0.1) is 6.67 Å². The summed E-state index contributed by atoms with van der Waals surface area (Å²) in [5.74, 6) is 1.06. The van der Waals surface area contributed by atoms with Gasteiger partial charge in [0.1, 0.15) is 5.82 Å². The van der Waals surface area contributed by atoms with Crippen LogP contribution in [0.4, 0.5) is 4.39 Å². The van der Waals surface area contributed by atoms with Crippen LogP contribution in [0.15, 0.2) is 12.4 Å². The second-order valence-corrected chi connectivity index (χ2v) is 3.00. The van der Waals surface area contributed by atoms with Crippen molar-refractivity contribution in [2.45, 2.75) is 12.8 Å². The molecule has 4 heteroatoms. The van der Waals surface area contributed by atoms with Crippen molar-refractivity contribution in [3.05, 3.63) is 18.2 Å². The zero-order valence-corrected chi connectivity index (χ0v) is 7.96. The number of hydrogen-bond donors (Lipinski definition) is 1. The molecule has 1 N–H and O–H groups in total. The molecule has 13 heavy (non-hydrogen) atoms. The van der Waals surface area contributed by atoms with E-state index in [2.05, 4.69) is 10.3 Å². The van der Waals surface area contributed by atoms with Crippen LogP contribution in [0, 0.1) is 0 Å². The largest absolute Gasteiger partial charge is 0.338 e. The quantitative estimate of drug-likeness (QED) is 0.668. The zero-order chi connectivity index (χ0) is 9.52. The number of hydrogen-bond acceptors (Lipinski definition) is 2. The number of alkyl halides is 1. The average Bonchev–Trinajstić information content (AvgIpc) is 2.52. The van der Waals surface area contributed by atoms with Gasteiger partial charge >= 0.3 is 0 Å². The Labute approximate surface area is 78.0 Å². The molecule has 1 aromatic rings. The summed E-state index contributed by atoms with van der Waals surface area (Å²) in [7, 11) is 1.98. The average molecular weight is 185 g/mol. The molecule has 1 aromatic heterocycles. The topological polar surface area (TPSA) is 29.9 Å². The maximum atomic E-state index is 11.7. The van der Waals surface area contributed by atoms with Gasteiger partial charge in [-0.2, -0.15) is 0 Å². The highest BCUT2D eigenvalue weighted by molar-refractivity contribution is 4.91. The van der Waals surface area contributed by atoms with E-state index in [1.165, 1.54) is 0 Å². The number of aromatic nitrogens is 2. The van der Waals surface area contributed by atoms with E-state index >= 15 is 0 Å². The second kappa shape index (κ2) is 5.70.